The first kappa shape index (κ1) is 13.4. The maximum absolute atomic E-state index is 6.71. The highest BCUT2D eigenvalue weighted by Gasteiger charge is 2.65. The molecule has 1 aromatic carbocycles. The maximum atomic E-state index is 6.71. The molecule has 22 heavy (non-hydrogen) atoms. The van der Waals surface area contributed by atoms with Crippen molar-refractivity contribution in [1.82, 2.24) is 4.90 Å². The molecule has 4 aliphatic rings. The molecule has 2 heteroatoms. The number of nitrogens with zero attached hydrogens (tertiary/aromatic N) is 1. The summed E-state index contributed by atoms with van der Waals surface area (Å²) < 4.78 is 6.71. The second-order valence-electron chi connectivity index (χ2n) is 8.51. The van der Waals surface area contributed by atoms with E-state index < -0.39 is 0 Å². The molecule has 1 unspecified atom stereocenters. The van der Waals surface area contributed by atoms with Gasteiger partial charge in [0.15, 0.2) is 0 Å². The molecule has 2 bridgehead atoms. The van der Waals surface area contributed by atoms with Crippen LogP contribution < -0.4 is 4.74 Å². The molecular formula is C20H27NO. The van der Waals surface area contributed by atoms with E-state index in [0.29, 0.717) is 17.4 Å². The number of piperidine rings is 1. The molecule has 2 aliphatic carbocycles. The van der Waals surface area contributed by atoms with Crippen LogP contribution in [0, 0.1) is 24.7 Å². The van der Waals surface area contributed by atoms with Gasteiger partial charge in [0, 0.05) is 17.0 Å². The molecule has 118 valence electrons. The zero-order valence-corrected chi connectivity index (χ0v) is 14.2. The number of likely N-dealkylation sites (N-methyl/N-ethyl adjacent to an activating group) is 1. The number of ether oxygens (including phenoxy) is 1. The summed E-state index contributed by atoms with van der Waals surface area (Å²) in [5.41, 5.74) is 4.87. The largest absolute Gasteiger partial charge is 0.489 e. The van der Waals surface area contributed by atoms with Crippen molar-refractivity contribution in [3.63, 3.8) is 0 Å². The Morgan fingerprint density at radius 2 is 2.09 bits per heavy atom. The second-order valence-corrected chi connectivity index (χ2v) is 8.51. The van der Waals surface area contributed by atoms with E-state index in [4.69, 9.17) is 4.74 Å². The summed E-state index contributed by atoms with van der Waals surface area (Å²) in [6.45, 7) is 8.34. The third-order valence-electron chi connectivity index (χ3n) is 7.66. The molecule has 1 spiro atoms. The van der Waals surface area contributed by atoms with E-state index in [1.807, 2.05) is 0 Å². The zero-order valence-electron chi connectivity index (χ0n) is 14.2. The van der Waals surface area contributed by atoms with E-state index in [1.54, 1.807) is 11.1 Å². The monoisotopic (exact) mass is 297 g/mol. The van der Waals surface area contributed by atoms with E-state index in [2.05, 4.69) is 44.9 Å². The Bertz CT molecular complexity index is 653. The van der Waals surface area contributed by atoms with Crippen LogP contribution in [0.5, 0.6) is 5.75 Å². The number of likely N-dealkylation sites (tertiary alicyclic amines) is 1. The highest BCUT2D eigenvalue weighted by atomic mass is 16.5. The number of benzene rings is 1. The Balaban J connectivity index is 1.80. The van der Waals surface area contributed by atoms with Crippen LogP contribution in [0.3, 0.4) is 0 Å². The lowest BCUT2D eigenvalue weighted by Crippen LogP contribution is -2.66. The van der Waals surface area contributed by atoms with Crippen LogP contribution in [0.4, 0.5) is 0 Å². The topological polar surface area (TPSA) is 12.5 Å². The van der Waals surface area contributed by atoms with Crippen LogP contribution >= 0.6 is 0 Å². The summed E-state index contributed by atoms with van der Waals surface area (Å²) in [6.07, 6.45) is 4.30. The highest BCUT2D eigenvalue weighted by molar-refractivity contribution is 5.58. The number of hydrogen-bond acceptors (Lipinski definition) is 2. The van der Waals surface area contributed by atoms with Crippen molar-refractivity contribution in [1.29, 1.82) is 0 Å². The molecule has 0 amide bonds. The van der Waals surface area contributed by atoms with Crippen molar-refractivity contribution in [2.75, 3.05) is 13.6 Å². The van der Waals surface area contributed by atoms with Gasteiger partial charge in [-0.05, 0) is 68.7 Å². The lowest BCUT2D eigenvalue weighted by molar-refractivity contribution is -0.0844. The number of rotatable bonds is 0. The molecule has 0 N–H and O–H groups in total. The Kier molecular flexibility index (Phi) is 2.49. The van der Waals surface area contributed by atoms with Crippen molar-refractivity contribution in [2.24, 2.45) is 17.8 Å². The molecule has 2 heterocycles. The number of hydrogen-bond donors (Lipinski definition) is 0. The van der Waals surface area contributed by atoms with Crippen molar-refractivity contribution in [3.8, 4) is 5.75 Å². The van der Waals surface area contributed by atoms with E-state index in [1.165, 1.54) is 37.1 Å². The van der Waals surface area contributed by atoms with Crippen LogP contribution in [-0.4, -0.2) is 30.6 Å². The van der Waals surface area contributed by atoms with Crippen molar-refractivity contribution >= 4 is 0 Å². The van der Waals surface area contributed by atoms with Gasteiger partial charge in [-0.1, -0.05) is 26.0 Å². The molecular weight excluding hydrogens is 270 g/mol. The third-order valence-corrected chi connectivity index (χ3v) is 7.66. The second kappa shape index (κ2) is 4.08. The number of aryl methyl sites for hydroxylation is 1. The molecule has 2 nitrogen and oxygen atoms in total. The van der Waals surface area contributed by atoms with E-state index in [9.17, 15) is 0 Å². The minimum absolute atomic E-state index is 0.317. The average molecular weight is 297 g/mol. The van der Waals surface area contributed by atoms with Gasteiger partial charge in [0.25, 0.3) is 0 Å². The van der Waals surface area contributed by atoms with Crippen LogP contribution in [0.2, 0.25) is 0 Å². The summed E-state index contributed by atoms with van der Waals surface area (Å²) in [7, 11) is 2.34. The summed E-state index contributed by atoms with van der Waals surface area (Å²) in [4.78, 5) is 2.64. The molecule has 5 rings (SSSR count). The highest BCUT2D eigenvalue weighted by Crippen LogP contribution is 2.64. The summed E-state index contributed by atoms with van der Waals surface area (Å²) in [5, 5.41) is 0. The molecule has 0 radical (unpaired) electrons. The van der Waals surface area contributed by atoms with Crippen molar-refractivity contribution < 1.29 is 4.74 Å². The van der Waals surface area contributed by atoms with Gasteiger partial charge < -0.3 is 9.64 Å². The van der Waals surface area contributed by atoms with Gasteiger partial charge in [-0.15, -0.1) is 0 Å². The first-order chi connectivity index (χ1) is 10.5. The minimum Gasteiger partial charge on any atom is -0.489 e. The molecule has 1 saturated heterocycles. The molecule has 0 aromatic heterocycles. The van der Waals surface area contributed by atoms with E-state index >= 15 is 0 Å². The SMILES string of the molecule is Cc1ccc2c3c1O[C@H]1C(C)[C@H](C)C[C@H]4[C@H](C2)N(C)CC[C@]314. The molecule has 2 aliphatic heterocycles. The minimum atomic E-state index is 0.317. The van der Waals surface area contributed by atoms with Gasteiger partial charge in [0.2, 0.25) is 0 Å². The van der Waals surface area contributed by atoms with Crippen LogP contribution in [0.15, 0.2) is 12.1 Å². The zero-order chi connectivity index (χ0) is 15.2. The van der Waals surface area contributed by atoms with Crippen molar-refractivity contribution in [3.05, 3.63) is 28.8 Å². The predicted molar refractivity (Wildman–Crippen MR) is 88.4 cm³/mol. The van der Waals surface area contributed by atoms with Crippen LogP contribution in [0.1, 0.15) is 43.4 Å². The first-order valence-electron chi connectivity index (χ1n) is 9.04. The quantitative estimate of drug-likeness (QED) is 0.726. The summed E-state index contributed by atoms with van der Waals surface area (Å²) in [5.74, 6) is 3.49. The van der Waals surface area contributed by atoms with Crippen LogP contribution in [-0.2, 0) is 11.8 Å². The maximum Gasteiger partial charge on any atom is 0.126 e. The van der Waals surface area contributed by atoms with Gasteiger partial charge in [-0.25, -0.2) is 0 Å². The van der Waals surface area contributed by atoms with Gasteiger partial charge in [-0.3, -0.25) is 0 Å². The smallest absolute Gasteiger partial charge is 0.126 e. The van der Waals surface area contributed by atoms with Crippen LogP contribution in [0.25, 0.3) is 0 Å². The van der Waals surface area contributed by atoms with Gasteiger partial charge in [-0.2, -0.15) is 0 Å². The Morgan fingerprint density at radius 1 is 1.27 bits per heavy atom. The van der Waals surface area contributed by atoms with E-state index in [0.717, 1.165) is 17.9 Å². The van der Waals surface area contributed by atoms with Crippen molar-refractivity contribution in [2.45, 2.75) is 57.6 Å². The molecule has 2 fully saturated rings. The van der Waals surface area contributed by atoms with Gasteiger partial charge in [0.1, 0.15) is 11.9 Å². The third kappa shape index (κ3) is 1.33. The lowest BCUT2D eigenvalue weighted by Gasteiger charge is -2.60. The molecule has 1 aromatic rings. The Morgan fingerprint density at radius 3 is 2.91 bits per heavy atom. The summed E-state index contributed by atoms with van der Waals surface area (Å²) in [6, 6.07) is 5.40. The fourth-order valence-corrected chi connectivity index (χ4v) is 6.34. The standard InChI is InChI=1S/C20H27NO/c1-11-5-6-14-10-16-15-9-12(2)13(3)19-20(15,7-8-21(16)4)17(14)18(11)22-19/h5-6,12-13,15-16,19H,7-10H2,1-4H3/t12-,13?,15+,16+,19+,20+/m1/s1. The fraction of sp³-hybridized carbons (Fsp3) is 0.700. The van der Waals surface area contributed by atoms with Gasteiger partial charge >= 0.3 is 0 Å². The van der Waals surface area contributed by atoms with E-state index in [-0.39, 0.29) is 0 Å². The Hall–Kier alpha value is -1.02. The van der Waals surface area contributed by atoms with Gasteiger partial charge in [0.05, 0.1) is 0 Å². The fourth-order valence-electron chi connectivity index (χ4n) is 6.34. The summed E-state index contributed by atoms with van der Waals surface area (Å²) >= 11 is 0. The normalized spacial score (nSPS) is 45.4. The lowest BCUT2D eigenvalue weighted by atomic mass is 9.48. The average Bonchev–Trinajstić information content (AvgIpc) is 2.84. The first-order valence-corrected chi connectivity index (χ1v) is 9.04. The molecule has 6 atom stereocenters. The molecule has 1 saturated carbocycles. The predicted octanol–water partition coefficient (Wildman–Crippen LogP) is 3.55. The Labute approximate surface area is 133 Å².